The van der Waals surface area contributed by atoms with E-state index in [4.69, 9.17) is 30.6 Å². The van der Waals surface area contributed by atoms with E-state index < -0.39 is 11.8 Å². The van der Waals surface area contributed by atoms with Crippen molar-refractivity contribution in [2.75, 3.05) is 13.2 Å². The molecule has 1 N–H and O–H groups in total. The highest BCUT2D eigenvalue weighted by molar-refractivity contribution is 6.34. The molecule has 6 nitrogen and oxygen atoms in total. The van der Waals surface area contributed by atoms with Gasteiger partial charge in [0.25, 0.3) is 0 Å². The van der Waals surface area contributed by atoms with Crippen molar-refractivity contribution in [3.8, 4) is 17.1 Å². The Hall–Kier alpha value is -2.90. The van der Waals surface area contributed by atoms with Crippen molar-refractivity contribution in [1.82, 2.24) is 0 Å². The molecule has 1 saturated carbocycles. The molecule has 1 heterocycles. The predicted octanol–water partition coefficient (Wildman–Crippen LogP) is 4.51. The van der Waals surface area contributed by atoms with Crippen LogP contribution < -0.4 is 10.2 Å². The van der Waals surface area contributed by atoms with Gasteiger partial charge in [-0.05, 0) is 37.1 Å². The third-order valence-electron chi connectivity index (χ3n) is 5.07. The molecule has 156 valence electrons. The van der Waals surface area contributed by atoms with E-state index in [9.17, 15) is 14.0 Å². The zero-order valence-electron chi connectivity index (χ0n) is 15.8. The van der Waals surface area contributed by atoms with Crippen molar-refractivity contribution < 1.29 is 28.2 Å². The Kier molecular flexibility index (Phi) is 5.74. The lowest BCUT2D eigenvalue weighted by Crippen LogP contribution is -2.37. The van der Waals surface area contributed by atoms with Gasteiger partial charge >= 0.3 is 5.97 Å². The molecule has 1 aromatic heterocycles. The zero-order valence-corrected chi connectivity index (χ0v) is 16.5. The maximum Gasteiger partial charge on any atom is 0.306 e. The quantitative estimate of drug-likeness (QED) is 0.553. The Morgan fingerprint density at radius 2 is 1.97 bits per heavy atom. The molecule has 0 radical (unpaired) electrons. The molecule has 8 heteroatoms. The highest BCUT2D eigenvalue weighted by Gasteiger charge is 2.35. The van der Waals surface area contributed by atoms with Crippen molar-refractivity contribution in [3.63, 3.8) is 0 Å². The minimum Gasteiger partial charge on any atom is -0.487 e. The Balaban J connectivity index is 1.51. The van der Waals surface area contributed by atoms with Gasteiger partial charge in [0.1, 0.15) is 12.4 Å². The van der Waals surface area contributed by atoms with Crippen molar-refractivity contribution in [2.45, 2.75) is 18.9 Å². The van der Waals surface area contributed by atoms with Crippen LogP contribution in [0.1, 0.15) is 12.8 Å². The second kappa shape index (κ2) is 8.45. The van der Waals surface area contributed by atoms with Crippen LogP contribution in [0, 0.1) is 11.7 Å². The normalized spacial score (nSPS) is 18.2. The van der Waals surface area contributed by atoms with Gasteiger partial charge in [0.05, 0.1) is 34.6 Å². The summed E-state index contributed by atoms with van der Waals surface area (Å²) < 4.78 is 31.4. The standard InChI is InChI=1S/C22H18ClFO6/c23-16-5-1-3-14-18(25)11-19(30-20(14)16)15-4-2-6-17(24)21(15)29-8-7-28-13-9-12(10-13)22(26)27/h1-6,11-13H,7-10H2,(H,26,27)/t12-,13-. The Bertz CT molecular complexity index is 1150. The topological polar surface area (TPSA) is 86.0 Å². The number of hydrogen-bond acceptors (Lipinski definition) is 5. The van der Waals surface area contributed by atoms with Crippen molar-refractivity contribution in [3.05, 3.63) is 63.5 Å². The van der Waals surface area contributed by atoms with Gasteiger partial charge in [0, 0.05) is 6.07 Å². The van der Waals surface area contributed by atoms with Crippen LogP contribution >= 0.6 is 11.6 Å². The maximum absolute atomic E-state index is 14.5. The minimum absolute atomic E-state index is 0.0563. The summed E-state index contributed by atoms with van der Waals surface area (Å²) >= 11 is 6.15. The number of fused-ring (bicyclic) bond motifs is 1. The van der Waals surface area contributed by atoms with Gasteiger partial charge in [-0.1, -0.05) is 23.7 Å². The molecule has 0 spiro atoms. The van der Waals surface area contributed by atoms with Crippen LogP contribution in [0.5, 0.6) is 5.75 Å². The molecular formula is C22H18ClFO6. The number of carboxylic acids is 1. The fourth-order valence-electron chi connectivity index (χ4n) is 3.39. The molecular weight excluding hydrogens is 415 g/mol. The van der Waals surface area contributed by atoms with Crippen LogP contribution in [0.3, 0.4) is 0 Å². The lowest BCUT2D eigenvalue weighted by molar-refractivity contribution is -0.151. The SMILES string of the molecule is O=c1cc(-c2cccc(F)c2OCCO[C@H]2C[C@H](C(=O)O)C2)oc2c(Cl)cccc12. The van der Waals surface area contributed by atoms with Gasteiger partial charge in [-0.3, -0.25) is 9.59 Å². The Labute approximate surface area is 175 Å². The van der Waals surface area contributed by atoms with E-state index in [0.29, 0.717) is 18.2 Å². The number of rotatable bonds is 7. The van der Waals surface area contributed by atoms with Gasteiger partial charge in [-0.25, -0.2) is 4.39 Å². The molecule has 0 atom stereocenters. The molecule has 3 aromatic rings. The molecule has 0 unspecified atom stereocenters. The number of carboxylic acid groups (broad SMARTS) is 1. The predicted molar refractivity (Wildman–Crippen MR) is 108 cm³/mol. The summed E-state index contributed by atoms with van der Waals surface area (Å²) in [6.07, 6.45) is 0.794. The van der Waals surface area contributed by atoms with E-state index in [2.05, 4.69) is 0 Å². The largest absolute Gasteiger partial charge is 0.487 e. The fourth-order valence-corrected chi connectivity index (χ4v) is 3.60. The summed E-state index contributed by atoms with van der Waals surface area (Å²) in [6, 6.07) is 10.5. The number of para-hydroxylation sites is 2. The molecule has 2 aromatic carbocycles. The highest BCUT2D eigenvalue weighted by atomic mass is 35.5. The number of benzene rings is 2. The van der Waals surface area contributed by atoms with E-state index in [0.717, 1.165) is 0 Å². The lowest BCUT2D eigenvalue weighted by Gasteiger charge is -2.32. The van der Waals surface area contributed by atoms with Gasteiger partial charge in [-0.2, -0.15) is 0 Å². The van der Waals surface area contributed by atoms with Crippen LogP contribution in [0.25, 0.3) is 22.3 Å². The molecule has 1 fully saturated rings. The van der Waals surface area contributed by atoms with Crippen LogP contribution in [0.4, 0.5) is 4.39 Å². The van der Waals surface area contributed by atoms with Gasteiger partial charge in [-0.15, -0.1) is 0 Å². The van der Waals surface area contributed by atoms with Gasteiger partial charge < -0.3 is 19.0 Å². The van der Waals surface area contributed by atoms with Crippen LogP contribution in [-0.4, -0.2) is 30.4 Å². The van der Waals surface area contributed by atoms with Crippen molar-refractivity contribution in [2.24, 2.45) is 5.92 Å². The van der Waals surface area contributed by atoms with Gasteiger partial charge in [0.2, 0.25) is 0 Å². The molecule has 0 saturated heterocycles. The summed E-state index contributed by atoms with van der Waals surface area (Å²) in [4.78, 5) is 23.3. The minimum atomic E-state index is -0.820. The molecule has 0 aliphatic heterocycles. The molecule has 30 heavy (non-hydrogen) atoms. The number of hydrogen-bond donors (Lipinski definition) is 1. The number of carbonyl (C=O) groups is 1. The summed E-state index contributed by atoms with van der Waals surface area (Å²) in [5.74, 6) is -1.72. The molecule has 1 aliphatic rings. The third-order valence-corrected chi connectivity index (χ3v) is 5.36. The van der Waals surface area contributed by atoms with Crippen molar-refractivity contribution >= 4 is 28.5 Å². The average Bonchev–Trinajstić information content (AvgIpc) is 2.67. The zero-order chi connectivity index (χ0) is 21.3. The third kappa shape index (κ3) is 4.04. The fraction of sp³-hybridized carbons (Fsp3) is 0.273. The molecule has 0 amide bonds. The van der Waals surface area contributed by atoms with E-state index >= 15 is 0 Å². The molecule has 1 aliphatic carbocycles. The van der Waals surface area contributed by atoms with E-state index in [1.54, 1.807) is 24.3 Å². The average molecular weight is 433 g/mol. The van der Waals surface area contributed by atoms with Crippen LogP contribution in [-0.2, 0) is 9.53 Å². The van der Waals surface area contributed by atoms with E-state index in [1.807, 2.05) is 0 Å². The first-order valence-corrected chi connectivity index (χ1v) is 9.80. The number of ether oxygens (including phenoxy) is 2. The highest BCUT2D eigenvalue weighted by Crippen LogP contribution is 2.35. The van der Waals surface area contributed by atoms with E-state index in [1.165, 1.54) is 18.2 Å². The Morgan fingerprint density at radius 1 is 1.20 bits per heavy atom. The first-order chi connectivity index (χ1) is 14.4. The van der Waals surface area contributed by atoms with Gasteiger partial charge in [0.15, 0.2) is 22.6 Å². The Morgan fingerprint density at radius 3 is 2.73 bits per heavy atom. The summed E-state index contributed by atoms with van der Waals surface area (Å²) in [5, 5.41) is 9.49. The van der Waals surface area contributed by atoms with E-state index in [-0.39, 0.29) is 58.3 Å². The second-order valence-electron chi connectivity index (χ2n) is 7.06. The number of halogens is 2. The first kappa shape index (κ1) is 20.4. The van der Waals surface area contributed by atoms with Crippen LogP contribution in [0.2, 0.25) is 5.02 Å². The monoisotopic (exact) mass is 432 g/mol. The summed E-state index contributed by atoms with van der Waals surface area (Å²) in [5.41, 5.74) is 0.201. The van der Waals surface area contributed by atoms with Crippen molar-refractivity contribution in [1.29, 1.82) is 0 Å². The molecule has 0 bridgehead atoms. The number of aliphatic carboxylic acids is 1. The first-order valence-electron chi connectivity index (χ1n) is 9.42. The molecule has 4 rings (SSSR count). The summed E-state index contributed by atoms with van der Waals surface area (Å²) in [6.45, 7) is 0.235. The lowest BCUT2D eigenvalue weighted by atomic mass is 9.82. The smallest absolute Gasteiger partial charge is 0.306 e. The van der Waals surface area contributed by atoms with Crippen LogP contribution in [0.15, 0.2) is 51.7 Å². The maximum atomic E-state index is 14.5. The summed E-state index contributed by atoms with van der Waals surface area (Å²) in [7, 11) is 0. The second-order valence-corrected chi connectivity index (χ2v) is 7.46.